The van der Waals surface area contributed by atoms with Crippen molar-refractivity contribution in [3.63, 3.8) is 0 Å². The number of ether oxygens (including phenoxy) is 1. The van der Waals surface area contributed by atoms with E-state index >= 15 is 0 Å². The Kier molecular flexibility index (Phi) is 7.61. The molecular weight excluding hydrogens is 373 g/mol. The van der Waals surface area contributed by atoms with Crippen molar-refractivity contribution in [1.29, 1.82) is 0 Å². The van der Waals surface area contributed by atoms with Crippen LogP contribution in [0.25, 0.3) is 0 Å². The fraction of sp³-hybridized carbons (Fsp3) is 0.350. The number of hydrogen-bond acceptors (Lipinski definition) is 3. The predicted octanol–water partition coefficient (Wildman–Crippen LogP) is 5.76. The van der Waals surface area contributed by atoms with Crippen LogP contribution in [-0.4, -0.2) is 17.6 Å². The predicted molar refractivity (Wildman–Crippen MR) is 107 cm³/mol. The summed E-state index contributed by atoms with van der Waals surface area (Å²) in [4.78, 5) is 12.1. The summed E-state index contributed by atoms with van der Waals surface area (Å²) in [5.74, 6) is -0.00904. The lowest BCUT2D eigenvalue weighted by molar-refractivity contribution is -0.118. The van der Waals surface area contributed by atoms with Crippen molar-refractivity contribution in [1.82, 2.24) is 0 Å². The lowest BCUT2D eigenvalue weighted by atomic mass is 10.1. The minimum Gasteiger partial charge on any atom is -0.504 e. The van der Waals surface area contributed by atoms with Crippen molar-refractivity contribution in [2.45, 2.75) is 39.5 Å². The number of phenolic OH excluding ortho intramolecular Hbond substituents is 1. The minimum absolute atomic E-state index is 0.118. The summed E-state index contributed by atoms with van der Waals surface area (Å²) in [5, 5.41) is 13.0. The lowest BCUT2D eigenvalue weighted by Gasteiger charge is -2.12. The summed E-state index contributed by atoms with van der Waals surface area (Å²) in [5.41, 5.74) is 1.97. The van der Waals surface area contributed by atoms with Crippen LogP contribution >= 0.6 is 23.2 Å². The molecule has 0 aromatic heterocycles. The number of amides is 1. The Morgan fingerprint density at radius 2 is 1.88 bits per heavy atom. The highest BCUT2D eigenvalue weighted by Crippen LogP contribution is 2.38. The fourth-order valence-corrected chi connectivity index (χ4v) is 2.92. The van der Waals surface area contributed by atoms with Gasteiger partial charge in [-0.05, 0) is 49.1 Å². The first kappa shape index (κ1) is 20.4. The van der Waals surface area contributed by atoms with E-state index in [1.807, 2.05) is 24.3 Å². The van der Waals surface area contributed by atoms with Crippen LogP contribution in [0.4, 0.5) is 5.69 Å². The van der Waals surface area contributed by atoms with E-state index in [4.69, 9.17) is 27.9 Å². The van der Waals surface area contributed by atoms with E-state index in [9.17, 15) is 9.90 Å². The summed E-state index contributed by atoms with van der Waals surface area (Å²) in [6.07, 6.45) is 4.63. The van der Waals surface area contributed by atoms with Gasteiger partial charge < -0.3 is 15.2 Å². The van der Waals surface area contributed by atoms with Crippen LogP contribution in [0.1, 0.15) is 37.3 Å². The molecule has 26 heavy (non-hydrogen) atoms. The number of anilines is 1. The van der Waals surface area contributed by atoms with Crippen molar-refractivity contribution in [2.24, 2.45) is 0 Å². The van der Waals surface area contributed by atoms with Crippen LogP contribution in [0.3, 0.4) is 0 Å². The summed E-state index contributed by atoms with van der Waals surface area (Å²) in [7, 11) is 0. The van der Waals surface area contributed by atoms with E-state index < -0.39 is 5.91 Å². The molecule has 0 bridgehead atoms. The first-order valence-electron chi connectivity index (χ1n) is 8.61. The lowest BCUT2D eigenvalue weighted by Crippen LogP contribution is -2.20. The molecule has 0 spiro atoms. The monoisotopic (exact) mass is 395 g/mol. The zero-order valence-electron chi connectivity index (χ0n) is 14.9. The van der Waals surface area contributed by atoms with Gasteiger partial charge in [0.2, 0.25) is 0 Å². The van der Waals surface area contributed by atoms with Gasteiger partial charge >= 0.3 is 0 Å². The smallest absolute Gasteiger partial charge is 0.262 e. The van der Waals surface area contributed by atoms with E-state index in [1.165, 1.54) is 30.9 Å². The van der Waals surface area contributed by atoms with Gasteiger partial charge in [-0.15, -0.1) is 0 Å². The average Bonchev–Trinajstić information content (AvgIpc) is 2.64. The number of phenols is 1. The van der Waals surface area contributed by atoms with Gasteiger partial charge in [0.25, 0.3) is 5.91 Å². The summed E-state index contributed by atoms with van der Waals surface area (Å²) in [6.45, 7) is 3.68. The molecule has 2 aromatic carbocycles. The number of aromatic hydroxyl groups is 1. The Hall–Kier alpha value is -1.91. The number of aryl methyl sites for hydroxylation is 1. The number of hydrogen-bond donors (Lipinski definition) is 2. The van der Waals surface area contributed by atoms with Crippen LogP contribution in [0.5, 0.6) is 11.5 Å². The number of unbranched alkanes of at least 4 members (excludes halogenated alkanes) is 2. The highest BCUT2D eigenvalue weighted by molar-refractivity contribution is 6.37. The van der Waals surface area contributed by atoms with Crippen molar-refractivity contribution in [3.05, 3.63) is 51.5 Å². The third kappa shape index (κ3) is 5.55. The van der Waals surface area contributed by atoms with Crippen LogP contribution in [0.2, 0.25) is 10.0 Å². The number of nitrogens with one attached hydrogen (secondary N) is 1. The number of benzene rings is 2. The molecule has 0 radical (unpaired) electrons. The summed E-state index contributed by atoms with van der Waals surface area (Å²) in [6, 6.07) is 9.18. The maximum atomic E-state index is 12.1. The van der Waals surface area contributed by atoms with Gasteiger partial charge in [0.1, 0.15) is 5.75 Å². The second kappa shape index (κ2) is 9.70. The van der Waals surface area contributed by atoms with E-state index in [0.717, 1.165) is 6.42 Å². The Morgan fingerprint density at radius 1 is 1.19 bits per heavy atom. The normalized spacial score (nSPS) is 10.6. The van der Waals surface area contributed by atoms with Crippen LogP contribution < -0.4 is 10.1 Å². The maximum Gasteiger partial charge on any atom is 0.262 e. The summed E-state index contributed by atoms with van der Waals surface area (Å²) >= 11 is 12.0. The zero-order chi connectivity index (χ0) is 19.1. The third-order valence-corrected chi connectivity index (χ3v) is 4.91. The second-order valence-corrected chi connectivity index (χ2v) is 6.92. The van der Waals surface area contributed by atoms with Crippen LogP contribution in [0.15, 0.2) is 30.3 Å². The number of carbonyl (C=O) groups excluding carboxylic acids is 1. The molecule has 0 aliphatic carbocycles. The molecule has 1 amide bonds. The van der Waals surface area contributed by atoms with Crippen molar-refractivity contribution < 1.29 is 14.6 Å². The van der Waals surface area contributed by atoms with Crippen molar-refractivity contribution in [3.8, 4) is 11.5 Å². The highest BCUT2D eigenvalue weighted by Gasteiger charge is 2.14. The van der Waals surface area contributed by atoms with Gasteiger partial charge in [0.15, 0.2) is 12.4 Å². The molecule has 0 aliphatic heterocycles. The molecule has 2 N–H and O–H groups in total. The molecule has 0 saturated carbocycles. The molecule has 0 unspecified atom stereocenters. The molecular formula is C20H23Cl2NO3. The molecule has 6 heteroatoms. The number of carbonyl (C=O) groups is 1. The Balaban J connectivity index is 1.89. The topological polar surface area (TPSA) is 58.6 Å². The second-order valence-electron chi connectivity index (χ2n) is 6.13. The van der Waals surface area contributed by atoms with E-state index in [-0.39, 0.29) is 23.1 Å². The summed E-state index contributed by atoms with van der Waals surface area (Å²) < 4.78 is 5.49. The van der Waals surface area contributed by atoms with Gasteiger partial charge in [0, 0.05) is 5.02 Å². The van der Waals surface area contributed by atoms with E-state index in [0.29, 0.717) is 16.3 Å². The molecule has 2 aromatic rings. The quantitative estimate of drug-likeness (QED) is 0.441. The van der Waals surface area contributed by atoms with Crippen molar-refractivity contribution >= 4 is 34.8 Å². The molecule has 4 nitrogen and oxygen atoms in total. The third-order valence-electron chi connectivity index (χ3n) is 4.06. The Labute approximate surface area is 164 Å². The molecule has 0 fully saturated rings. The average molecular weight is 396 g/mol. The largest absolute Gasteiger partial charge is 0.504 e. The molecule has 0 heterocycles. The Bertz CT molecular complexity index is 761. The molecule has 2 rings (SSSR count). The molecule has 0 aliphatic rings. The number of halogens is 2. The van der Waals surface area contributed by atoms with Crippen LogP contribution in [-0.2, 0) is 11.2 Å². The fourth-order valence-electron chi connectivity index (χ4n) is 2.47. The zero-order valence-corrected chi connectivity index (χ0v) is 16.5. The standard InChI is InChI=1S/C20H23Cl2NO3/c1-3-4-5-6-14-7-9-15(10-8-14)26-12-18(24)23-17-11-16(21)13(2)19(22)20(17)25/h7-11,25H,3-6,12H2,1-2H3,(H,23,24). The first-order chi connectivity index (χ1) is 12.4. The minimum atomic E-state index is -0.414. The maximum absolute atomic E-state index is 12.1. The SMILES string of the molecule is CCCCCc1ccc(OCC(=O)Nc2cc(Cl)c(C)c(Cl)c2O)cc1. The van der Waals surface area contributed by atoms with Crippen molar-refractivity contribution in [2.75, 3.05) is 11.9 Å². The molecule has 140 valence electrons. The van der Waals surface area contributed by atoms with Gasteiger partial charge in [0.05, 0.1) is 10.7 Å². The highest BCUT2D eigenvalue weighted by atomic mass is 35.5. The van der Waals surface area contributed by atoms with Gasteiger partial charge in [-0.25, -0.2) is 0 Å². The van der Waals surface area contributed by atoms with Crippen LogP contribution in [0, 0.1) is 6.92 Å². The van der Waals surface area contributed by atoms with Gasteiger partial charge in [-0.3, -0.25) is 4.79 Å². The van der Waals surface area contributed by atoms with E-state index in [2.05, 4.69) is 12.2 Å². The number of rotatable bonds is 8. The Morgan fingerprint density at radius 3 is 2.54 bits per heavy atom. The van der Waals surface area contributed by atoms with Gasteiger partial charge in [-0.2, -0.15) is 0 Å². The molecule has 0 saturated heterocycles. The van der Waals surface area contributed by atoms with E-state index in [1.54, 1.807) is 6.92 Å². The first-order valence-corrected chi connectivity index (χ1v) is 9.37. The van der Waals surface area contributed by atoms with Gasteiger partial charge in [-0.1, -0.05) is 55.1 Å². The molecule has 0 atom stereocenters.